The molecule has 0 spiro atoms. The zero-order valence-electron chi connectivity index (χ0n) is 10.8. The second-order valence-electron chi connectivity index (χ2n) is 3.73. The maximum absolute atomic E-state index is 11.6. The Labute approximate surface area is 99.4 Å². The second-order valence-corrected chi connectivity index (χ2v) is 3.73. The third-order valence-corrected chi connectivity index (χ3v) is 2.23. The highest BCUT2D eigenvalue weighted by atomic mass is 16.5. The predicted molar refractivity (Wildman–Crippen MR) is 68.3 cm³/mol. The highest BCUT2D eigenvalue weighted by Crippen LogP contribution is 2.10. The fourth-order valence-electron chi connectivity index (χ4n) is 1.29. The standard InChI is InChI=1S/C14H24O2/c1-4-7-9-10-12-13(11-8-5-2)14(15)16-6-3/h9-10,12H,4-8,11H2,1-3H3/b10-9+,13-12-. The van der Waals surface area contributed by atoms with Gasteiger partial charge in [-0.2, -0.15) is 0 Å². The topological polar surface area (TPSA) is 26.3 Å². The van der Waals surface area contributed by atoms with Crippen LogP contribution in [0.2, 0.25) is 0 Å². The van der Waals surface area contributed by atoms with Crippen LogP contribution in [0.1, 0.15) is 52.9 Å². The Morgan fingerprint density at radius 2 is 1.94 bits per heavy atom. The number of carbonyl (C=O) groups excluding carboxylic acids is 1. The summed E-state index contributed by atoms with van der Waals surface area (Å²) >= 11 is 0. The molecule has 0 bridgehead atoms. The molecule has 0 aromatic heterocycles. The lowest BCUT2D eigenvalue weighted by Crippen LogP contribution is -2.07. The van der Waals surface area contributed by atoms with Crippen molar-refractivity contribution < 1.29 is 9.53 Å². The van der Waals surface area contributed by atoms with Crippen molar-refractivity contribution in [3.8, 4) is 0 Å². The zero-order valence-corrected chi connectivity index (χ0v) is 10.8. The van der Waals surface area contributed by atoms with Gasteiger partial charge < -0.3 is 4.74 Å². The molecular weight excluding hydrogens is 200 g/mol. The van der Waals surface area contributed by atoms with Gasteiger partial charge in [-0.05, 0) is 26.2 Å². The number of allylic oxidation sites excluding steroid dienone is 3. The lowest BCUT2D eigenvalue weighted by atomic mass is 10.1. The van der Waals surface area contributed by atoms with E-state index in [9.17, 15) is 4.79 Å². The van der Waals surface area contributed by atoms with Crippen molar-refractivity contribution >= 4 is 5.97 Å². The average molecular weight is 224 g/mol. The van der Waals surface area contributed by atoms with E-state index in [1.165, 1.54) is 0 Å². The minimum absolute atomic E-state index is 0.169. The number of unbranched alkanes of at least 4 members (excludes halogenated alkanes) is 2. The molecule has 0 saturated heterocycles. The van der Waals surface area contributed by atoms with E-state index in [0.29, 0.717) is 6.61 Å². The third kappa shape index (κ3) is 7.27. The lowest BCUT2D eigenvalue weighted by molar-refractivity contribution is -0.138. The van der Waals surface area contributed by atoms with Crippen molar-refractivity contribution in [1.82, 2.24) is 0 Å². The summed E-state index contributed by atoms with van der Waals surface area (Å²) in [6.45, 7) is 6.54. The van der Waals surface area contributed by atoms with Crippen LogP contribution in [0.15, 0.2) is 23.8 Å². The van der Waals surface area contributed by atoms with Crippen LogP contribution in [0.4, 0.5) is 0 Å². The smallest absolute Gasteiger partial charge is 0.333 e. The van der Waals surface area contributed by atoms with Crippen LogP contribution in [0.3, 0.4) is 0 Å². The Hall–Kier alpha value is -1.05. The molecule has 2 heteroatoms. The number of hydrogen-bond donors (Lipinski definition) is 0. The summed E-state index contributed by atoms with van der Waals surface area (Å²) < 4.78 is 5.02. The summed E-state index contributed by atoms with van der Waals surface area (Å²) in [7, 11) is 0. The molecule has 0 atom stereocenters. The Balaban J connectivity index is 4.33. The van der Waals surface area contributed by atoms with Gasteiger partial charge in [0.2, 0.25) is 0 Å². The van der Waals surface area contributed by atoms with Crippen molar-refractivity contribution in [2.75, 3.05) is 6.61 Å². The normalized spacial score (nSPS) is 12.1. The van der Waals surface area contributed by atoms with Gasteiger partial charge in [0, 0.05) is 5.57 Å². The molecule has 16 heavy (non-hydrogen) atoms. The van der Waals surface area contributed by atoms with Crippen molar-refractivity contribution in [1.29, 1.82) is 0 Å². The van der Waals surface area contributed by atoms with Gasteiger partial charge in [0.05, 0.1) is 6.61 Å². The first-order valence-corrected chi connectivity index (χ1v) is 6.29. The van der Waals surface area contributed by atoms with Crippen molar-refractivity contribution in [2.24, 2.45) is 0 Å². The predicted octanol–water partition coefficient (Wildman–Crippen LogP) is 4.02. The Morgan fingerprint density at radius 3 is 2.50 bits per heavy atom. The molecule has 0 radical (unpaired) electrons. The van der Waals surface area contributed by atoms with Gasteiger partial charge in [0.1, 0.15) is 0 Å². The van der Waals surface area contributed by atoms with Crippen LogP contribution in [-0.4, -0.2) is 12.6 Å². The summed E-state index contributed by atoms with van der Waals surface area (Å²) in [5, 5.41) is 0. The summed E-state index contributed by atoms with van der Waals surface area (Å²) in [6.07, 6.45) is 11.1. The van der Waals surface area contributed by atoms with Gasteiger partial charge in [-0.1, -0.05) is 44.9 Å². The van der Waals surface area contributed by atoms with E-state index in [0.717, 1.165) is 37.7 Å². The molecule has 0 N–H and O–H groups in total. The van der Waals surface area contributed by atoms with Gasteiger partial charge in [-0.15, -0.1) is 0 Å². The van der Waals surface area contributed by atoms with Crippen LogP contribution in [-0.2, 0) is 9.53 Å². The largest absolute Gasteiger partial charge is 0.463 e. The first-order valence-electron chi connectivity index (χ1n) is 6.29. The van der Waals surface area contributed by atoms with Crippen LogP contribution >= 0.6 is 0 Å². The van der Waals surface area contributed by atoms with Gasteiger partial charge >= 0.3 is 5.97 Å². The molecule has 0 heterocycles. The van der Waals surface area contributed by atoms with E-state index in [-0.39, 0.29) is 5.97 Å². The molecule has 0 aliphatic heterocycles. The number of hydrogen-bond acceptors (Lipinski definition) is 2. The monoisotopic (exact) mass is 224 g/mol. The first kappa shape index (κ1) is 14.9. The Morgan fingerprint density at radius 1 is 1.19 bits per heavy atom. The minimum Gasteiger partial charge on any atom is -0.463 e. The van der Waals surface area contributed by atoms with Gasteiger partial charge in [-0.25, -0.2) is 4.79 Å². The molecule has 2 nitrogen and oxygen atoms in total. The lowest BCUT2D eigenvalue weighted by Gasteiger charge is -2.05. The van der Waals surface area contributed by atoms with E-state index in [2.05, 4.69) is 19.9 Å². The second kappa shape index (κ2) is 10.5. The van der Waals surface area contributed by atoms with Crippen LogP contribution < -0.4 is 0 Å². The maximum Gasteiger partial charge on any atom is 0.333 e. The molecule has 0 aromatic rings. The van der Waals surface area contributed by atoms with Crippen molar-refractivity contribution in [2.45, 2.75) is 52.9 Å². The van der Waals surface area contributed by atoms with Gasteiger partial charge in [0.25, 0.3) is 0 Å². The molecule has 0 rings (SSSR count). The third-order valence-electron chi connectivity index (χ3n) is 2.23. The summed E-state index contributed by atoms with van der Waals surface area (Å²) in [5.41, 5.74) is 0.788. The Kier molecular flexibility index (Phi) is 9.78. The number of ether oxygens (including phenoxy) is 1. The van der Waals surface area contributed by atoms with E-state index in [1.807, 2.05) is 19.1 Å². The molecule has 0 unspecified atom stereocenters. The van der Waals surface area contributed by atoms with Crippen LogP contribution in [0.25, 0.3) is 0 Å². The highest BCUT2D eigenvalue weighted by Gasteiger charge is 2.08. The van der Waals surface area contributed by atoms with Crippen LogP contribution in [0, 0.1) is 0 Å². The van der Waals surface area contributed by atoms with E-state index in [1.54, 1.807) is 0 Å². The van der Waals surface area contributed by atoms with Gasteiger partial charge in [0.15, 0.2) is 0 Å². The molecule has 92 valence electrons. The molecule has 0 aromatic carbocycles. The summed E-state index contributed by atoms with van der Waals surface area (Å²) in [5.74, 6) is -0.169. The maximum atomic E-state index is 11.6. The van der Waals surface area contributed by atoms with Crippen molar-refractivity contribution in [3.05, 3.63) is 23.8 Å². The van der Waals surface area contributed by atoms with E-state index >= 15 is 0 Å². The molecule has 0 saturated carbocycles. The molecular formula is C14H24O2. The summed E-state index contributed by atoms with van der Waals surface area (Å²) in [4.78, 5) is 11.6. The first-order chi connectivity index (χ1) is 7.76. The average Bonchev–Trinajstić information content (AvgIpc) is 2.28. The SMILES string of the molecule is CCC/C=C/C=C(/CCCC)C(=O)OCC. The zero-order chi connectivity index (χ0) is 12.2. The molecule has 0 aliphatic rings. The minimum atomic E-state index is -0.169. The quantitative estimate of drug-likeness (QED) is 0.353. The molecule has 0 fully saturated rings. The number of esters is 1. The van der Waals surface area contributed by atoms with E-state index in [4.69, 9.17) is 4.74 Å². The van der Waals surface area contributed by atoms with Gasteiger partial charge in [-0.3, -0.25) is 0 Å². The van der Waals surface area contributed by atoms with Crippen LogP contribution in [0.5, 0.6) is 0 Å². The number of carbonyl (C=O) groups is 1. The highest BCUT2D eigenvalue weighted by molar-refractivity contribution is 5.88. The molecule has 0 aliphatic carbocycles. The Bertz CT molecular complexity index is 239. The summed E-state index contributed by atoms with van der Waals surface area (Å²) in [6, 6.07) is 0. The number of rotatable bonds is 8. The molecule has 0 amide bonds. The fraction of sp³-hybridized carbons (Fsp3) is 0.643. The van der Waals surface area contributed by atoms with Crippen molar-refractivity contribution in [3.63, 3.8) is 0 Å². The fourth-order valence-corrected chi connectivity index (χ4v) is 1.29. The van der Waals surface area contributed by atoms with E-state index < -0.39 is 0 Å².